The van der Waals surface area contributed by atoms with E-state index in [-0.39, 0.29) is 5.82 Å². The second-order valence-electron chi connectivity index (χ2n) is 5.23. The molecule has 0 unspecified atom stereocenters. The summed E-state index contributed by atoms with van der Waals surface area (Å²) >= 11 is 1.54. The molecule has 0 atom stereocenters. The number of aromatic amines is 1. The zero-order valence-electron chi connectivity index (χ0n) is 12.4. The molecule has 0 aliphatic rings. The first-order valence-corrected chi connectivity index (χ1v) is 7.97. The lowest BCUT2D eigenvalue weighted by atomic mass is 10.1. The van der Waals surface area contributed by atoms with Crippen LogP contribution >= 0.6 is 11.8 Å². The molecule has 3 rings (SSSR count). The van der Waals surface area contributed by atoms with E-state index >= 15 is 0 Å². The molecule has 0 spiro atoms. The van der Waals surface area contributed by atoms with Crippen LogP contribution in [0.2, 0.25) is 0 Å². The van der Waals surface area contributed by atoms with E-state index in [4.69, 9.17) is 0 Å². The van der Waals surface area contributed by atoms with Gasteiger partial charge in [0.1, 0.15) is 5.82 Å². The van der Waals surface area contributed by atoms with Crippen molar-refractivity contribution in [3.63, 3.8) is 0 Å². The normalized spacial score (nSPS) is 10.9. The van der Waals surface area contributed by atoms with E-state index in [0.717, 1.165) is 5.75 Å². The molecule has 5 heteroatoms. The third-order valence-corrected chi connectivity index (χ3v) is 4.16. The first-order chi connectivity index (χ1) is 10.6. The molecule has 1 N–H and O–H groups in total. The van der Waals surface area contributed by atoms with Crippen molar-refractivity contribution in [1.82, 2.24) is 15.2 Å². The number of H-pyrrole nitrogens is 1. The van der Waals surface area contributed by atoms with Crippen LogP contribution in [0.15, 0.2) is 47.6 Å². The second-order valence-corrected chi connectivity index (χ2v) is 6.17. The van der Waals surface area contributed by atoms with Gasteiger partial charge in [-0.15, -0.1) is 5.10 Å². The lowest BCUT2D eigenvalue weighted by Gasteiger charge is -2.03. The van der Waals surface area contributed by atoms with Crippen LogP contribution < -0.4 is 0 Å². The van der Waals surface area contributed by atoms with Crippen LogP contribution in [-0.2, 0) is 5.75 Å². The van der Waals surface area contributed by atoms with Gasteiger partial charge in [-0.25, -0.2) is 9.37 Å². The number of thioether (sulfide) groups is 1. The summed E-state index contributed by atoms with van der Waals surface area (Å²) < 4.78 is 13.7. The van der Waals surface area contributed by atoms with Gasteiger partial charge in [-0.2, -0.15) is 0 Å². The van der Waals surface area contributed by atoms with E-state index < -0.39 is 0 Å². The van der Waals surface area contributed by atoms with E-state index in [2.05, 4.69) is 47.2 Å². The summed E-state index contributed by atoms with van der Waals surface area (Å²) in [6, 6.07) is 13.0. The van der Waals surface area contributed by atoms with Crippen molar-refractivity contribution in [2.75, 3.05) is 0 Å². The molecule has 1 aromatic heterocycles. The maximum Gasteiger partial charge on any atom is 0.209 e. The number of benzene rings is 2. The number of nitrogens with one attached hydrogen (secondary N) is 1. The first-order valence-electron chi connectivity index (χ1n) is 6.99. The summed E-state index contributed by atoms with van der Waals surface area (Å²) in [5.41, 5.74) is 4.17. The molecule has 3 nitrogen and oxygen atoms in total. The third kappa shape index (κ3) is 3.36. The number of hydrogen-bond donors (Lipinski definition) is 1. The molecule has 22 heavy (non-hydrogen) atoms. The number of aromatic nitrogens is 3. The number of halogens is 1. The highest BCUT2D eigenvalue weighted by atomic mass is 32.2. The van der Waals surface area contributed by atoms with Crippen LogP contribution in [0.4, 0.5) is 4.39 Å². The molecule has 0 fully saturated rings. The van der Waals surface area contributed by atoms with Crippen LogP contribution in [0, 0.1) is 19.7 Å². The van der Waals surface area contributed by atoms with Crippen LogP contribution in [0.5, 0.6) is 0 Å². The molecule has 0 amide bonds. The summed E-state index contributed by atoms with van der Waals surface area (Å²) in [5, 5.41) is 7.58. The highest BCUT2D eigenvalue weighted by Crippen LogP contribution is 2.24. The van der Waals surface area contributed by atoms with Gasteiger partial charge in [-0.1, -0.05) is 53.2 Å². The number of rotatable bonds is 4. The Morgan fingerprint density at radius 1 is 1.09 bits per heavy atom. The highest BCUT2D eigenvalue weighted by molar-refractivity contribution is 7.98. The van der Waals surface area contributed by atoms with Gasteiger partial charge in [-0.05, 0) is 31.5 Å². The van der Waals surface area contributed by atoms with Gasteiger partial charge in [0.05, 0.1) is 5.56 Å². The van der Waals surface area contributed by atoms with Crippen molar-refractivity contribution in [2.45, 2.75) is 24.8 Å². The molecule has 0 aliphatic carbocycles. The van der Waals surface area contributed by atoms with Crippen molar-refractivity contribution >= 4 is 11.8 Å². The van der Waals surface area contributed by atoms with Crippen molar-refractivity contribution in [3.05, 3.63) is 65.0 Å². The number of nitrogens with zero attached hydrogens (tertiary/aromatic N) is 2. The lowest BCUT2D eigenvalue weighted by Crippen LogP contribution is -1.86. The van der Waals surface area contributed by atoms with Crippen molar-refractivity contribution in [3.8, 4) is 11.4 Å². The molecular weight excluding hydrogens is 297 g/mol. The minimum absolute atomic E-state index is 0.301. The molecule has 112 valence electrons. The van der Waals surface area contributed by atoms with Gasteiger partial charge in [-0.3, -0.25) is 5.10 Å². The minimum Gasteiger partial charge on any atom is -0.258 e. The average Bonchev–Trinajstić information content (AvgIpc) is 2.93. The van der Waals surface area contributed by atoms with E-state index in [0.29, 0.717) is 16.5 Å². The smallest absolute Gasteiger partial charge is 0.209 e. The average molecular weight is 313 g/mol. The summed E-state index contributed by atoms with van der Waals surface area (Å²) in [4.78, 5) is 4.36. The summed E-state index contributed by atoms with van der Waals surface area (Å²) in [6.45, 7) is 4.18. The van der Waals surface area contributed by atoms with E-state index in [1.54, 1.807) is 18.2 Å². The van der Waals surface area contributed by atoms with Gasteiger partial charge in [0.25, 0.3) is 0 Å². The molecule has 3 aromatic rings. The van der Waals surface area contributed by atoms with Gasteiger partial charge in [0.15, 0.2) is 5.82 Å². The number of hydrogen-bond acceptors (Lipinski definition) is 3. The Bertz CT molecular complexity index is 778. The molecule has 0 aliphatic heterocycles. The molecule has 0 bridgehead atoms. The van der Waals surface area contributed by atoms with E-state index in [1.165, 1.54) is 34.5 Å². The topological polar surface area (TPSA) is 41.6 Å². The number of aryl methyl sites for hydroxylation is 2. The Labute approximate surface area is 133 Å². The van der Waals surface area contributed by atoms with Gasteiger partial charge in [0, 0.05) is 5.75 Å². The van der Waals surface area contributed by atoms with Crippen LogP contribution in [0.3, 0.4) is 0 Å². The zero-order valence-corrected chi connectivity index (χ0v) is 13.2. The van der Waals surface area contributed by atoms with Crippen LogP contribution in [0.25, 0.3) is 11.4 Å². The monoisotopic (exact) mass is 313 g/mol. The highest BCUT2D eigenvalue weighted by Gasteiger charge is 2.10. The summed E-state index contributed by atoms with van der Waals surface area (Å²) in [6.07, 6.45) is 0. The maximum absolute atomic E-state index is 13.7. The quantitative estimate of drug-likeness (QED) is 0.720. The summed E-state index contributed by atoms with van der Waals surface area (Å²) in [7, 11) is 0. The summed E-state index contributed by atoms with van der Waals surface area (Å²) in [5.74, 6) is 0.947. The van der Waals surface area contributed by atoms with Crippen molar-refractivity contribution in [2.24, 2.45) is 0 Å². The fourth-order valence-electron chi connectivity index (χ4n) is 2.38. The predicted molar refractivity (Wildman–Crippen MR) is 87.3 cm³/mol. The minimum atomic E-state index is -0.301. The maximum atomic E-state index is 13.7. The fourth-order valence-corrected chi connectivity index (χ4v) is 3.11. The Morgan fingerprint density at radius 3 is 2.55 bits per heavy atom. The Morgan fingerprint density at radius 2 is 1.82 bits per heavy atom. The Balaban J connectivity index is 1.73. The SMILES string of the molecule is Cc1cc(C)cc(CSc2n[nH]c(-c3ccccc3F)n2)c1. The standard InChI is InChI=1S/C17H16FN3S/c1-11-7-12(2)9-13(8-11)10-22-17-19-16(20-21-17)14-5-3-4-6-15(14)18/h3-9H,10H2,1-2H3,(H,19,20,21). The van der Waals surface area contributed by atoms with Gasteiger partial charge in [0.2, 0.25) is 5.16 Å². The fraction of sp³-hybridized carbons (Fsp3) is 0.176. The largest absolute Gasteiger partial charge is 0.258 e. The van der Waals surface area contributed by atoms with Gasteiger partial charge >= 0.3 is 0 Å². The molecule has 0 saturated carbocycles. The lowest BCUT2D eigenvalue weighted by molar-refractivity contribution is 0.630. The third-order valence-electron chi connectivity index (χ3n) is 3.24. The van der Waals surface area contributed by atoms with Crippen LogP contribution in [-0.4, -0.2) is 15.2 Å². The van der Waals surface area contributed by atoms with Crippen molar-refractivity contribution in [1.29, 1.82) is 0 Å². The predicted octanol–water partition coefficient (Wildman–Crippen LogP) is 4.52. The zero-order chi connectivity index (χ0) is 15.5. The Kier molecular flexibility index (Phi) is 4.24. The van der Waals surface area contributed by atoms with Crippen molar-refractivity contribution < 1.29 is 4.39 Å². The molecule has 2 aromatic carbocycles. The van der Waals surface area contributed by atoms with E-state index in [1.807, 2.05) is 0 Å². The van der Waals surface area contributed by atoms with Crippen LogP contribution in [0.1, 0.15) is 16.7 Å². The molecular formula is C17H16FN3S. The first kappa shape index (κ1) is 14.8. The van der Waals surface area contributed by atoms with Gasteiger partial charge < -0.3 is 0 Å². The second kappa shape index (κ2) is 6.32. The molecule has 0 saturated heterocycles. The molecule has 1 heterocycles. The van der Waals surface area contributed by atoms with E-state index in [9.17, 15) is 4.39 Å². The molecule has 0 radical (unpaired) electrons. The Hall–Kier alpha value is -2.14.